The molecule has 0 aliphatic carbocycles. The lowest BCUT2D eigenvalue weighted by molar-refractivity contribution is 0.248. The molecule has 2 N–H and O–H groups in total. The highest BCUT2D eigenvalue weighted by Gasteiger charge is 2.14. The summed E-state index contributed by atoms with van der Waals surface area (Å²) in [7, 11) is -2.25. The highest BCUT2D eigenvalue weighted by Crippen LogP contribution is 2.31. The Balaban J connectivity index is 2.17. The molecule has 0 aliphatic rings. The van der Waals surface area contributed by atoms with E-state index in [1.807, 2.05) is 0 Å². The van der Waals surface area contributed by atoms with Crippen LogP contribution in [0.2, 0.25) is 0 Å². The van der Waals surface area contributed by atoms with Crippen molar-refractivity contribution in [2.45, 2.75) is 32.6 Å². The van der Waals surface area contributed by atoms with Crippen molar-refractivity contribution in [2.24, 2.45) is 0 Å². The molecule has 3 nitrogen and oxygen atoms in total. The smallest absolute Gasteiger partial charge is 0.327 e. The first kappa shape index (κ1) is 17.1. The normalized spacial score (nSPS) is 11.4. The highest BCUT2D eigenvalue weighted by atomic mass is 31.2. The molecular weight excluding hydrogens is 295 g/mol. The molecule has 0 spiro atoms. The van der Waals surface area contributed by atoms with Gasteiger partial charge in [0, 0.05) is 5.92 Å². The zero-order chi connectivity index (χ0) is 15.9. The third-order valence-corrected chi connectivity index (χ3v) is 4.15. The maximum Gasteiger partial charge on any atom is 0.327 e. The van der Waals surface area contributed by atoms with Gasteiger partial charge in [-0.25, -0.2) is 0 Å². The van der Waals surface area contributed by atoms with E-state index in [4.69, 9.17) is 14.3 Å². The van der Waals surface area contributed by atoms with Gasteiger partial charge in [-0.3, -0.25) is 0 Å². The van der Waals surface area contributed by atoms with Crippen molar-refractivity contribution in [1.29, 1.82) is 0 Å². The zero-order valence-corrected chi connectivity index (χ0v) is 14.0. The number of aryl methyl sites for hydroxylation is 2. The van der Waals surface area contributed by atoms with Gasteiger partial charge >= 0.3 is 8.60 Å². The second-order valence-corrected chi connectivity index (χ2v) is 6.37. The number of rotatable bonds is 7. The van der Waals surface area contributed by atoms with E-state index in [0.717, 1.165) is 12.8 Å². The molecule has 0 amide bonds. The van der Waals surface area contributed by atoms with Crippen molar-refractivity contribution in [3.05, 3.63) is 70.8 Å². The van der Waals surface area contributed by atoms with Gasteiger partial charge in [0.05, 0.1) is 6.61 Å². The minimum Gasteiger partial charge on any atom is -0.328 e. The Bertz CT molecular complexity index is 553. The predicted molar refractivity (Wildman–Crippen MR) is 90.7 cm³/mol. The van der Waals surface area contributed by atoms with Crippen LogP contribution in [-0.4, -0.2) is 16.4 Å². The van der Waals surface area contributed by atoms with Crippen molar-refractivity contribution in [3.8, 4) is 0 Å². The van der Waals surface area contributed by atoms with Crippen molar-refractivity contribution in [1.82, 2.24) is 0 Å². The van der Waals surface area contributed by atoms with Crippen molar-refractivity contribution in [2.75, 3.05) is 6.61 Å². The van der Waals surface area contributed by atoms with Crippen LogP contribution >= 0.6 is 8.60 Å². The maximum atomic E-state index is 8.82. The molecule has 2 aromatic carbocycles. The van der Waals surface area contributed by atoms with E-state index in [1.165, 1.54) is 22.3 Å². The third kappa shape index (κ3) is 5.19. The van der Waals surface area contributed by atoms with Crippen molar-refractivity contribution < 1.29 is 14.3 Å². The summed E-state index contributed by atoms with van der Waals surface area (Å²) in [5.74, 6) is 0.298. The summed E-state index contributed by atoms with van der Waals surface area (Å²) in [6.07, 6.45) is 1.70. The minimum absolute atomic E-state index is 0.298. The van der Waals surface area contributed by atoms with Crippen LogP contribution in [0.15, 0.2) is 48.5 Å². The standard InChI is InChI=1S/C18H23O3P/c1-14-6-3-8-16(12-14)18(10-5-11-21-22(19)20)17-9-4-7-15(2)13-17/h3-4,6-9,12-13,18-20H,5,10-11H2,1-2H3. The Labute approximate surface area is 133 Å². The molecule has 2 aromatic rings. The lowest BCUT2D eigenvalue weighted by atomic mass is 9.86. The van der Waals surface area contributed by atoms with Crippen LogP contribution in [-0.2, 0) is 4.52 Å². The molecule has 22 heavy (non-hydrogen) atoms. The Morgan fingerprint density at radius 3 is 1.95 bits per heavy atom. The highest BCUT2D eigenvalue weighted by molar-refractivity contribution is 7.39. The molecule has 0 saturated carbocycles. The van der Waals surface area contributed by atoms with E-state index >= 15 is 0 Å². The Kier molecular flexibility index (Phi) is 6.53. The fourth-order valence-corrected chi connectivity index (χ4v) is 3.03. The quantitative estimate of drug-likeness (QED) is 0.586. The first-order valence-electron chi connectivity index (χ1n) is 7.50. The summed E-state index contributed by atoms with van der Waals surface area (Å²) in [6.45, 7) is 4.57. The van der Waals surface area contributed by atoms with Gasteiger partial charge in [0.15, 0.2) is 0 Å². The Morgan fingerprint density at radius 1 is 0.955 bits per heavy atom. The fraction of sp³-hybridized carbons (Fsp3) is 0.333. The first-order valence-corrected chi connectivity index (χ1v) is 8.66. The molecule has 0 aliphatic heterocycles. The predicted octanol–water partition coefficient (Wildman–Crippen LogP) is 4.44. The van der Waals surface area contributed by atoms with Gasteiger partial charge in [-0.1, -0.05) is 59.7 Å². The third-order valence-electron chi connectivity index (χ3n) is 3.73. The van der Waals surface area contributed by atoms with Gasteiger partial charge in [-0.05, 0) is 37.8 Å². The van der Waals surface area contributed by atoms with Crippen LogP contribution < -0.4 is 0 Å². The molecule has 0 bridgehead atoms. The fourth-order valence-electron chi connectivity index (χ4n) is 2.73. The SMILES string of the molecule is Cc1cccc(C(CCCOP(O)O)c2cccc(C)c2)c1. The van der Waals surface area contributed by atoms with Crippen LogP contribution in [0.5, 0.6) is 0 Å². The summed E-state index contributed by atoms with van der Waals surface area (Å²) in [5, 5.41) is 0. The van der Waals surface area contributed by atoms with Crippen molar-refractivity contribution >= 4 is 8.60 Å². The summed E-state index contributed by atoms with van der Waals surface area (Å²) in [5.41, 5.74) is 5.09. The molecule has 0 atom stereocenters. The summed E-state index contributed by atoms with van der Waals surface area (Å²) >= 11 is 0. The van der Waals surface area contributed by atoms with Crippen LogP contribution in [0, 0.1) is 13.8 Å². The van der Waals surface area contributed by atoms with Gasteiger partial charge in [0.1, 0.15) is 0 Å². The molecule has 118 valence electrons. The van der Waals surface area contributed by atoms with E-state index in [-0.39, 0.29) is 0 Å². The van der Waals surface area contributed by atoms with E-state index in [1.54, 1.807) is 0 Å². The zero-order valence-electron chi connectivity index (χ0n) is 13.1. The van der Waals surface area contributed by atoms with E-state index in [0.29, 0.717) is 12.5 Å². The monoisotopic (exact) mass is 318 g/mol. The van der Waals surface area contributed by atoms with Gasteiger partial charge < -0.3 is 14.3 Å². The lowest BCUT2D eigenvalue weighted by Crippen LogP contribution is -2.04. The first-order chi connectivity index (χ1) is 10.6. The van der Waals surface area contributed by atoms with Crippen molar-refractivity contribution in [3.63, 3.8) is 0 Å². The second-order valence-electron chi connectivity index (χ2n) is 5.61. The van der Waals surface area contributed by atoms with Crippen LogP contribution in [0.4, 0.5) is 0 Å². The summed E-state index contributed by atoms with van der Waals surface area (Å²) in [6, 6.07) is 17.1. The van der Waals surface area contributed by atoms with Crippen LogP contribution in [0.25, 0.3) is 0 Å². The minimum atomic E-state index is -2.25. The largest absolute Gasteiger partial charge is 0.328 e. The Hall–Kier alpha value is -1.25. The molecule has 0 saturated heterocycles. The average molecular weight is 318 g/mol. The molecule has 4 heteroatoms. The van der Waals surface area contributed by atoms with Gasteiger partial charge in [-0.2, -0.15) is 0 Å². The van der Waals surface area contributed by atoms with Gasteiger partial charge in [0.2, 0.25) is 0 Å². The molecule has 0 fully saturated rings. The average Bonchev–Trinajstić information content (AvgIpc) is 2.47. The number of hydrogen-bond acceptors (Lipinski definition) is 3. The van der Waals surface area contributed by atoms with E-state index < -0.39 is 8.60 Å². The molecule has 0 aromatic heterocycles. The lowest BCUT2D eigenvalue weighted by Gasteiger charge is -2.19. The summed E-state index contributed by atoms with van der Waals surface area (Å²) in [4.78, 5) is 17.6. The molecule has 0 radical (unpaired) electrons. The van der Waals surface area contributed by atoms with E-state index in [2.05, 4.69) is 62.4 Å². The topological polar surface area (TPSA) is 49.7 Å². The number of benzene rings is 2. The summed E-state index contributed by atoms with van der Waals surface area (Å²) < 4.78 is 4.89. The maximum absolute atomic E-state index is 8.82. The molecule has 0 unspecified atom stereocenters. The number of hydrogen-bond donors (Lipinski definition) is 2. The molecule has 2 rings (SSSR count). The molecular formula is C18H23O3P. The molecule has 0 heterocycles. The van der Waals surface area contributed by atoms with Gasteiger partial charge in [-0.15, -0.1) is 0 Å². The second kappa shape index (κ2) is 8.40. The van der Waals surface area contributed by atoms with E-state index in [9.17, 15) is 0 Å². The Morgan fingerprint density at radius 2 is 1.50 bits per heavy atom. The van der Waals surface area contributed by atoms with Crippen LogP contribution in [0.1, 0.15) is 41.0 Å². The van der Waals surface area contributed by atoms with Gasteiger partial charge in [0.25, 0.3) is 0 Å². The van der Waals surface area contributed by atoms with Crippen LogP contribution in [0.3, 0.4) is 0 Å².